The van der Waals surface area contributed by atoms with Crippen LogP contribution in [0.5, 0.6) is 11.5 Å². The Balaban J connectivity index is 1.93. The molecule has 0 aliphatic carbocycles. The van der Waals surface area contributed by atoms with Crippen molar-refractivity contribution in [2.24, 2.45) is 0 Å². The van der Waals surface area contributed by atoms with Crippen LogP contribution in [-0.4, -0.2) is 74.6 Å². The molecule has 1 aromatic carbocycles. The molecule has 6 N–H and O–H groups in total. The first-order valence-corrected chi connectivity index (χ1v) is 7.04. The van der Waals surface area contributed by atoms with E-state index in [1.54, 1.807) is 18.2 Å². The molecule has 5 atom stereocenters. The fourth-order valence-corrected chi connectivity index (χ4v) is 2.26. The predicted molar refractivity (Wildman–Crippen MR) is 78.5 cm³/mol. The van der Waals surface area contributed by atoms with Gasteiger partial charge in [-0.15, -0.1) is 0 Å². The van der Waals surface area contributed by atoms with Crippen LogP contribution in [-0.2, 0) is 9.47 Å². The molecule has 8 heteroatoms. The number of phenolic OH excluding ortho intramolecular Hbond substituents is 2. The number of aromatic hydroxyl groups is 2. The van der Waals surface area contributed by atoms with Crippen LogP contribution in [0.4, 0.5) is 0 Å². The maximum absolute atomic E-state index is 9.93. The van der Waals surface area contributed by atoms with E-state index in [0.29, 0.717) is 5.56 Å². The average molecular weight is 328 g/mol. The molecule has 1 heterocycles. The van der Waals surface area contributed by atoms with Crippen LogP contribution in [0.15, 0.2) is 24.3 Å². The number of phenols is 2. The molecule has 0 aromatic heterocycles. The van der Waals surface area contributed by atoms with Gasteiger partial charge in [-0.1, -0.05) is 18.2 Å². The average Bonchev–Trinajstić information content (AvgIpc) is 2.53. The Hall–Kier alpha value is -1.68. The summed E-state index contributed by atoms with van der Waals surface area (Å²) in [5.74, 6) is -0.479. The summed E-state index contributed by atoms with van der Waals surface area (Å²) in [7, 11) is 0. The number of hydrogen-bond donors (Lipinski definition) is 6. The highest BCUT2D eigenvalue weighted by Crippen LogP contribution is 2.25. The van der Waals surface area contributed by atoms with Gasteiger partial charge in [-0.2, -0.15) is 0 Å². The number of benzene rings is 1. The third-order valence-corrected chi connectivity index (χ3v) is 3.54. The van der Waals surface area contributed by atoms with Crippen molar-refractivity contribution in [2.45, 2.75) is 30.7 Å². The number of aliphatic hydroxyl groups is 4. The minimum atomic E-state index is -1.56. The van der Waals surface area contributed by atoms with Gasteiger partial charge in [-0.25, -0.2) is 0 Å². The molecule has 1 fully saturated rings. The van der Waals surface area contributed by atoms with E-state index in [0.717, 1.165) is 0 Å². The SMILES string of the molecule is OC[C@H]1OC(O)[C@H](O)[C@@H](OC/C=C/c2ccc(O)c(O)c2)[C@@H]1O. The zero-order valence-electron chi connectivity index (χ0n) is 12.2. The monoisotopic (exact) mass is 328 g/mol. The smallest absolute Gasteiger partial charge is 0.184 e. The van der Waals surface area contributed by atoms with Crippen molar-refractivity contribution in [3.05, 3.63) is 29.8 Å². The lowest BCUT2D eigenvalue weighted by Gasteiger charge is -2.39. The van der Waals surface area contributed by atoms with Crippen LogP contribution in [0.3, 0.4) is 0 Å². The van der Waals surface area contributed by atoms with E-state index in [1.165, 1.54) is 12.1 Å². The number of ether oxygens (including phenoxy) is 2. The van der Waals surface area contributed by atoms with Gasteiger partial charge in [-0.3, -0.25) is 0 Å². The van der Waals surface area contributed by atoms with Crippen molar-refractivity contribution < 1.29 is 40.1 Å². The van der Waals surface area contributed by atoms with Crippen molar-refractivity contribution in [2.75, 3.05) is 13.2 Å². The summed E-state index contributed by atoms with van der Waals surface area (Å²) in [6.45, 7) is -0.515. The van der Waals surface area contributed by atoms with Gasteiger partial charge in [0, 0.05) is 0 Å². The van der Waals surface area contributed by atoms with Crippen molar-refractivity contribution >= 4 is 6.08 Å². The molecule has 0 amide bonds. The maximum atomic E-state index is 9.93. The van der Waals surface area contributed by atoms with E-state index in [9.17, 15) is 25.5 Å². The molecule has 0 radical (unpaired) electrons. The molecular weight excluding hydrogens is 308 g/mol. The molecule has 0 saturated carbocycles. The summed E-state index contributed by atoms with van der Waals surface area (Å²) in [5, 5.41) is 56.9. The number of rotatable bonds is 5. The van der Waals surface area contributed by atoms with Crippen LogP contribution in [0.25, 0.3) is 6.08 Å². The maximum Gasteiger partial charge on any atom is 0.184 e. The van der Waals surface area contributed by atoms with Crippen LogP contribution < -0.4 is 0 Å². The van der Waals surface area contributed by atoms with Gasteiger partial charge in [0.1, 0.15) is 24.4 Å². The molecule has 23 heavy (non-hydrogen) atoms. The fourth-order valence-electron chi connectivity index (χ4n) is 2.26. The highest BCUT2D eigenvalue weighted by atomic mass is 16.6. The molecule has 1 aromatic rings. The van der Waals surface area contributed by atoms with E-state index < -0.39 is 37.3 Å². The summed E-state index contributed by atoms with van der Waals surface area (Å²) < 4.78 is 10.2. The topological polar surface area (TPSA) is 140 Å². The normalized spacial score (nSPS) is 31.6. The quantitative estimate of drug-likeness (QED) is 0.375. The Morgan fingerprint density at radius 3 is 2.48 bits per heavy atom. The molecule has 0 spiro atoms. The van der Waals surface area contributed by atoms with Crippen LogP contribution in [0.1, 0.15) is 5.56 Å². The molecule has 2 rings (SSSR count). The lowest BCUT2D eigenvalue weighted by Crippen LogP contribution is -2.59. The first-order chi connectivity index (χ1) is 10.9. The third kappa shape index (κ3) is 4.20. The Labute approximate surface area is 132 Å². The Kier molecular flexibility index (Phi) is 5.94. The van der Waals surface area contributed by atoms with Crippen molar-refractivity contribution in [1.82, 2.24) is 0 Å². The summed E-state index contributed by atoms with van der Waals surface area (Å²) in [4.78, 5) is 0. The van der Waals surface area contributed by atoms with Gasteiger partial charge in [0.05, 0.1) is 13.2 Å². The van der Waals surface area contributed by atoms with Gasteiger partial charge >= 0.3 is 0 Å². The molecular formula is C15H20O8. The largest absolute Gasteiger partial charge is 0.504 e. The summed E-state index contributed by atoms with van der Waals surface area (Å²) >= 11 is 0. The Bertz CT molecular complexity index is 546. The summed E-state index contributed by atoms with van der Waals surface area (Å²) in [6, 6.07) is 4.27. The van der Waals surface area contributed by atoms with Gasteiger partial charge < -0.3 is 40.1 Å². The van der Waals surface area contributed by atoms with E-state index in [2.05, 4.69) is 0 Å². The Morgan fingerprint density at radius 1 is 1.09 bits per heavy atom. The van der Waals surface area contributed by atoms with Crippen molar-refractivity contribution in [1.29, 1.82) is 0 Å². The minimum absolute atomic E-state index is 0.00525. The van der Waals surface area contributed by atoms with Gasteiger partial charge in [0.15, 0.2) is 17.8 Å². The van der Waals surface area contributed by atoms with E-state index in [4.69, 9.17) is 14.6 Å². The van der Waals surface area contributed by atoms with Crippen LogP contribution >= 0.6 is 0 Å². The zero-order chi connectivity index (χ0) is 17.0. The van der Waals surface area contributed by atoms with E-state index in [-0.39, 0.29) is 18.1 Å². The Morgan fingerprint density at radius 2 is 1.83 bits per heavy atom. The molecule has 1 saturated heterocycles. The van der Waals surface area contributed by atoms with E-state index >= 15 is 0 Å². The second-order valence-corrected chi connectivity index (χ2v) is 5.18. The molecule has 1 unspecified atom stereocenters. The van der Waals surface area contributed by atoms with Crippen LogP contribution in [0.2, 0.25) is 0 Å². The first-order valence-electron chi connectivity index (χ1n) is 7.04. The molecule has 128 valence electrons. The number of hydrogen-bond acceptors (Lipinski definition) is 8. The van der Waals surface area contributed by atoms with Gasteiger partial charge in [-0.05, 0) is 17.7 Å². The van der Waals surface area contributed by atoms with Crippen molar-refractivity contribution in [3.63, 3.8) is 0 Å². The zero-order valence-corrected chi connectivity index (χ0v) is 12.2. The standard InChI is InChI=1S/C15H20O8/c16-7-11-12(19)14(13(20)15(21)23-11)22-5-1-2-8-3-4-9(17)10(18)6-8/h1-4,6,11-21H,5,7H2/b2-1+/t11-,12-,13-,14+,15?/m1/s1. The lowest BCUT2D eigenvalue weighted by atomic mass is 9.99. The second kappa shape index (κ2) is 7.73. The highest BCUT2D eigenvalue weighted by Gasteiger charge is 2.44. The lowest BCUT2D eigenvalue weighted by molar-refractivity contribution is -0.292. The van der Waals surface area contributed by atoms with Gasteiger partial charge in [0.25, 0.3) is 0 Å². The van der Waals surface area contributed by atoms with Crippen molar-refractivity contribution in [3.8, 4) is 11.5 Å². The molecule has 0 bridgehead atoms. The predicted octanol–water partition coefficient (Wildman–Crippen LogP) is -1.07. The van der Waals surface area contributed by atoms with Gasteiger partial charge in [0.2, 0.25) is 0 Å². The van der Waals surface area contributed by atoms with E-state index in [1.807, 2.05) is 0 Å². The summed E-state index contributed by atoms with van der Waals surface area (Å²) in [6.07, 6.45) is -3.27. The second-order valence-electron chi connectivity index (χ2n) is 5.18. The first kappa shape index (κ1) is 17.7. The number of aliphatic hydroxyl groups excluding tert-OH is 4. The molecule has 8 nitrogen and oxygen atoms in total. The third-order valence-electron chi connectivity index (χ3n) is 3.54. The molecule has 1 aliphatic heterocycles. The van der Waals surface area contributed by atoms with Crippen LogP contribution in [0, 0.1) is 0 Å². The molecule has 1 aliphatic rings. The highest BCUT2D eigenvalue weighted by molar-refractivity contribution is 5.55. The summed E-state index contributed by atoms with van der Waals surface area (Å²) in [5.41, 5.74) is 0.616. The fraction of sp³-hybridized carbons (Fsp3) is 0.467. The minimum Gasteiger partial charge on any atom is -0.504 e.